The van der Waals surface area contributed by atoms with Crippen LogP contribution in [0.2, 0.25) is 0 Å². The van der Waals surface area contributed by atoms with E-state index in [2.05, 4.69) is 6.92 Å². The third-order valence-electron chi connectivity index (χ3n) is 5.51. The Hall–Kier alpha value is -0.140. The highest BCUT2D eigenvalue weighted by atomic mass is 19.2. The van der Waals surface area contributed by atoms with Gasteiger partial charge in [0.05, 0.1) is 0 Å². The Balaban J connectivity index is 1.68. The SMILES string of the molecule is CCCCCC1CCC(C2CCC(F)C(F)C2)CC1. The number of hydrogen-bond acceptors (Lipinski definition) is 0. The van der Waals surface area contributed by atoms with Crippen molar-refractivity contribution in [3.05, 3.63) is 0 Å². The molecule has 2 aliphatic carbocycles. The van der Waals surface area contributed by atoms with Gasteiger partial charge in [0.2, 0.25) is 0 Å². The molecule has 2 rings (SSSR count). The van der Waals surface area contributed by atoms with Gasteiger partial charge in [-0.15, -0.1) is 0 Å². The fraction of sp³-hybridized carbons (Fsp3) is 1.00. The zero-order valence-corrected chi connectivity index (χ0v) is 12.4. The molecule has 2 saturated carbocycles. The van der Waals surface area contributed by atoms with Crippen molar-refractivity contribution in [2.75, 3.05) is 0 Å². The molecule has 0 saturated heterocycles. The van der Waals surface area contributed by atoms with Gasteiger partial charge < -0.3 is 0 Å². The Bertz CT molecular complexity index is 246. The molecule has 0 nitrogen and oxygen atoms in total. The summed E-state index contributed by atoms with van der Waals surface area (Å²) in [5, 5.41) is 0. The van der Waals surface area contributed by atoms with Crippen LogP contribution in [-0.2, 0) is 0 Å². The Morgan fingerprint density at radius 3 is 2.11 bits per heavy atom. The van der Waals surface area contributed by atoms with E-state index >= 15 is 0 Å². The second-order valence-electron chi connectivity index (χ2n) is 6.88. The van der Waals surface area contributed by atoms with Gasteiger partial charge in [0, 0.05) is 0 Å². The fourth-order valence-electron chi connectivity index (χ4n) is 4.17. The number of halogens is 2. The van der Waals surface area contributed by atoms with E-state index in [1.54, 1.807) is 0 Å². The van der Waals surface area contributed by atoms with Crippen molar-refractivity contribution in [3.63, 3.8) is 0 Å². The van der Waals surface area contributed by atoms with Crippen molar-refractivity contribution in [2.45, 2.75) is 89.9 Å². The van der Waals surface area contributed by atoms with E-state index in [4.69, 9.17) is 0 Å². The number of hydrogen-bond donors (Lipinski definition) is 0. The van der Waals surface area contributed by atoms with Gasteiger partial charge in [-0.1, -0.05) is 45.4 Å². The maximum Gasteiger partial charge on any atom is 0.131 e. The third-order valence-corrected chi connectivity index (χ3v) is 5.51. The maximum absolute atomic E-state index is 13.5. The molecule has 0 aromatic rings. The highest BCUT2D eigenvalue weighted by molar-refractivity contribution is 4.86. The lowest BCUT2D eigenvalue weighted by atomic mass is 9.70. The molecule has 0 amide bonds. The van der Waals surface area contributed by atoms with Gasteiger partial charge in [-0.05, 0) is 49.9 Å². The van der Waals surface area contributed by atoms with E-state index < -0.39 is 12.3 Å². The van der Waals surface area contributed by atoms with Crippen molar-refractivity contribution in [1.82, 2.24) is 0 Å². The lowest BCUT2D eigenvalue weighted by molar-refractivity contribution is 0.0543. The molecule has 0 radical (unpaired) electrons. The van der Waals surface area contributed by atoms with Gasteiger partial charge in [-0.25, -0.2) is 8.78 Å². The maximum atomic E-state index is 13.5. The molecule has 2 fully saturated rings. The Labute approximate surface area is 117 Å². The Kier molecular flexibility index (Phi) is 6.09. The fourth-order valence-corrected chi connectivity index (χ4v) is 4.17. The molecule has 0 N–H and O–H groups in total. The molecule has 0 aliphatic heterocycles. The summed E-state index contributed by atoms with van der Waals surface area (Å²) in [5.41, 5.74) is 0. The van der Waals surface area contributed by atoms with E-state index in [1.807, 2.05) is 0 Å². The highest BCUT2D eigenvalue weighted by Gasteiger charge is 2.35. The average molecular weight is 272 g/mol. The molecule has 19 heavy (non-hydrogen) atoms. The molecule has 0 bridgehead atoms. The minimum Gasteiger partial charge on any atom is -0.244 e. The topological polar surface area (TPSA) is 0 Å². The van der Waals surface area contributed by atoms with Crippen LogP contribution in [-0.4, -0.2) is 12.3 Å². The van der Waals surface area contributed by atoms with Crippen LogP contribution in [0.1, 0.15) is 77.6 Å². The molecule has 0 aromatic heterocycles. The first-order chi connectivity index (χ1) is 9.20. The molecule has 2 aliphatic rings. The van der Waals surface area contributed by atoms with E-state index in [9.17, 15) is 8.78 Å². The lowest BCUT2D eigenvalue weighted by Crippen LogP contribution is -2.32. The normalized spacial score (nSPS) is 40.3. The Morgan fingerprint density at radius 1 is 0.789 bits per heavy atom. The van der Waals surface area contributed by atoms with Crippen molar-refractivity contribution < 1.29 is 8.78 Å². The van der Waals surface area contributed by atoms with Crippen LogP contribution in [0.4, 0.5) is 8.78 Å². The van der Waals surface area contributed by atoms with Crippen molar-refractivity contribution in [1.29, 1.82) is 0 Å². The summed E-state index contributed by atoms with van der Waals surface area (Å²) in [6.07, 6.45) is 10.2. The molecule has 0 heterocycles. The smallest absolute Gasteiger partial charge is 0.131 e. The van der Waals surface area contributed by atoms with E-state index in [1.165, 1.54) is 51.4 Å². The predicted octanol–water partition coefficient (Wildman–Crippen LogP) is 5.85. The zero-order chi connectivity index (χ0) is 13.7. The van der Waals surface area contributed by atoms with Crippen LogP contribution in [0.15, 0.2) is 0 Å². The van der Waals surface area contributed by atoms with Crippen LogP contribution in [0.5, 0.6) is 0 Å². The van der Waals surface area contributed by atoms with Gasteiger partial charge in [0.1, 0.15) is 12.3 Å². The van der Waals surface area contributed by atoms with Crippen LogP contribution < -0.4 is 0 Å². The lowest BCUT2D eigenvalue weighted by Gasteiger charge is -2.37. The largest absolute Gasteiger partial charge is 0.244 e. The summed E-state index contributed by atoms with van der Waals surface area (Å²) in [7, 11) is 0. The standard InChI is InChI=1S/C17H30F2/c1-2-3-4-5-13-6-8-14(9-7-13)15-10-11-16(18)17(19)12-15/h13-17H,2-12H2,1H3. The van der Waals surface area contributed by atoms with Crippen LogP contribution >= 0.6 is 0 Å². The first-order valence-electron chi connectivity index (χ1n) is 8.48. The number of rotatable bonds is 5. The summed E-state index contributed by atoms with van der Waals surface area (Å²) in [4.78, 5) is 0. The highest BCUT2D eigenvalue weighted by Crippen LogP contribution is 2.42. The van der Waals surface area contributed by atoms with Crippen molar-refractivity contribution >= 4 is 0 Å². The first kappa shape index (κ1) is 15.3. The molecule has 112 valence electrons. The van der Waals surface area contributed by atoms with Gasteiger partial charge >= 0.3 is 0 Å². The second-order valence-corrected chi connectivity index (χ2v) is 6.88. The average Bonchev–Trinajstić information content (AvgIpc) is 2.43. The van der Waals surface area contributed by atoms with Gasteiger partial charge in [0.25, 0.3) is 0 Å². The minimum absolute atomic E-state index is 0.461. The molecule has 0 spiro atoms. The first-order valence-corrected chi connectivity index (χ1v) is 8.48. The quantitative estimate of drug-likeness (QED) is 0.551. The summed E-state index contributed by atoms with van der Waals surface area (Å²) in [6, 6.07) is 0. The minimum atomic E-state index is -1.18. The van der Waals surface area contributed by atoms with Gasteiger partial charge in [-0.2, -0.15) is 0 Å². The van der Waals surface area contributed by atoms with Gasteiger partial charge in [-0.3, -0.25) is 0 Å². The number of unbranched alkanes of at least 4 members (excludes halogenated alkanes) is 2. The molecular weight excluding hydrogens is 242 g/mol. The molecule has 0 aromatic carbocycles. The Morgan fingerprint density at radius 2 is 1.47 bits per heavy atom. The summed E-state index contributed by atoms with van der Waals surface area (Å²) in [5.74, 6) is 2.08. The van der Waals surface area contributed by atoms with E-state index in [0.29, 0.717) is 24.7 Å². The molecule has 2 heteroatoms. The predicted molar refractivity (Wildman–Crippen MR) is 76.7 cm³/mol. The van der Waals surface area contributed by atoms with E-state index in [-0.39, 0.29) is 0 Å². The summed E-state index contributed by atoms with van der Waals surface area (Å²) < 4.78 is 26.7. The third kappa shape index (κ3) is 4.43. The van der Waals surface area contributed by atoms with Gasteiger partial charge in [0.15, 0.2) is 0 Å². The zero-order valence-electron chi connectivity index (χ0n) is 12.4. The van der Waals surface area contributed by atoms with Crippen LogP contribution in [0, 0.1) is 17.8 Å². The van der Waals surface area contributed by atoms with Crippen LogP contribution in [0.3, 0.4) is 0 Å². The molecular formula is C17H30F2. The second kappa shape index (κ2) is 7.59. The van der Waals surface area contributed by atoms with E-state index in [0.717, 1.165) is 12.3 Å². The summed E-state index contributed by atoms with van der Waals surface area (Å²) in [6.45, 7) is 2.26. The van der Waals surface area contributed by atoms with Crippen LogP contribution in [0.25, 0.3) is 0 Å². The number of alkyl halides is 2. The van der Waals surface area contributed by atoms with Crippen molar-refractivity contribution in [3.8, 4) is 0 Å². The molecule has 3 atom stereocenters. The summed E-state index contributed by atoms with van der Waals surface area (Å²) >= 11 is 0. The molecule has 3 unspecified atom stereocenters. The monoisotopic (exact) mass is 272 g/mol. The van der Waals surface area contributed by atoms with Crippen molar-refractivity contribution in [2.24, 2.45) is 17.8 Å².